The highest BCUT2D eigenvalue weighted by Crippen LogP contribution is 2.34. The molecule has 1 aliphatic heterocycles. The molecule has 3 atom stereocenters. The Morgan fingerprint density at radius 3 is 2.84 bits per heavy atom. The van der Waals surface area contributed by atoms with Gasteiger partial charge in [-0.1, -0.05) is 67.6 Å². The number of hydrogen-bond acceptors (Lipinski definition) is 3. The van der Waals surface area contributed by atoms with Crippen LogP contribution in [0.25, 0.3) is 0 Å². The van der Waals surface area contributed by atoms with Crippen molar-refractivity contribution in [1.29, 1.82) is 0 Å². The second-order valence-electron chi connectivity index (χ2n) is 8.72. The molecule has 1 amide bonds. The summed E-state index contributed by atoms with van der Waals surface area (Å²) in [4.78, 5) is 15.0. The average molecular weight is 420 g/mol. The standard InChI is InChI=1S/C27H33NO3/c1-21-24(20-30-19-23-10-6-3-7-11-23)13-14-26-25(21)18-28(16-17-31-26)27(29)15-12-22-8-4-2-5-9-22/h2-8,10-11,13-14,21-22,25H,9,12,15-20H2,1H3. The second-order valence-corrected chi connectivity index (χ2v) is 8.72. The van der Waals surface area contributed by atoms with E-state index in [0.717, 1.165) is 25.1 Å². The van der Waals surface area contributed by atoms with Gasteiger partial charge in [0.05, 0.1) is 19.8 Å². The minimum Gasteiger partial charge on any atom is -0.496 e. The van der Waals surface area contributed by atoms with Crippen LogP contribution in [0.2, 0.25) is 0 Å². The molecule has 0 saturated carbocycles. The van der Waals surface area contributed by atoms with Gasteiger partial charge >= 0.3 is 0 Å². The molecule has 1 saturated heterocycles. The van der Waals surface area contributed by atoms with E-state index in [1.54, 1.807) is 0 Å². The maximum absolute atomic E-state index is 13.0. The Hall–Kier alpha value is -2.59. The van der Waals surface area contributed by atoms with Crippen molar-refractivity contribution in [2.45, 2.75) is 32.8 Å². The summed E-state index contributed by atoms with van der Waals surface area (Å²) in [5.41, 5.74) is 2.45. The van der Waals surface area contributed by atoms with Gasteiger partial charge in [0.2, 0.25) is 5.91 Å². The smallest absolute Gasteiger partial charge is 0.222 e. The molecule has 0 bridgehead atoms. The minimum absolute atomic E-state index is 0.198. The number of rotatable bonds is 7. The lowest BCUT2D eigenvalue weighted by atomic mass is 9.82. The molecule has 0 radical (unpaired) electrons. The number of carbonyl (C=O) groups is 1. The predicted molar refractivity (Wildman–Crippen MR) is 123 cm³/mol. The second kappa shape index (κ2) is 10.6. The molecule has 4 heteroatoms. The van der Waals surface area contributed by atoms with Crippen molar-refractivity contribution in [3.8, 4) is 0 Å². The van der Waals surface area contributed by atoms with Crippen LogP contribution in [0.15, 0.2) is 78.1 Å². The average Bonchev–Trinajstić information content (AvgIpc) is 3.04. The zero-order valence-electron chi connectivity index (χ0n) is 18.4. The molecule has 0 aromatic heterocycles. The molecular formula is C27H33NO3. The van der Waals surface area contributed by atoms with E-state index in [9.17, 15) is 4.79 Å². The first-order chi connectivity index (χ1) is 15.2. The summed E-state index contributed by atoms with van der Waals surface area (Å²) >= 11 is 0. The third-order valence-electron chi connectivity index (χ3n) is 6.59. The van der Waals surface area contributed by atoms with Crippen molar-refractivity contribution in [3.63, 3.8) is 0 Å². The minimum atomic E-state index is 0.198. The van der Waals surface area contributed by atoms with Gasteiger partial charge in [0.15, 0.2) is 0 Å². The van der Waals surface area contributed by atoms with Crippen LogP contribution in [0.3, 0.4) is 0 Å². The number of benzene rings is 1. The van der Waals surface area contributed by atoms with Gasteiger partial charge in [-0.15, -0.1) is 0 Å². The largest absolute Gasteiger partial charge is 0.496 e. The Morgan fingerprint density at radius 2 is 2.03 bits per heavy atom. The first kappa shape index (κ1) is 21.6. The molecule has 4 nitrogen and oxygen atoms in total. The van der Waals surface area contributed by atoms with Gasteiger partial charge in [-0.25, -0.2) is 0 Å². The number of carbonyl (C=O) groups excluding carboxylic acids is 1. The number of amides is 1. The van der Waals surface area contributed by atoms with Crippen molar-refractivity contribution < 1.29 is 14.3 Å². The summed E-state index contributed by atoms with van der Waals surface area (Å²) in [5.74, 6) is 2.23. The van der Waals surface area contributed by atoms with E-state index in [1.165, 1.54) is 11.1 Å². The molecule has 0 spiro atoms. The van der Waals surface area contributed by atoms with Gasteiger partial charge in [-0.05, 0) is 41.9 Å². The lowest BCUT2D eigenvalue weighted by Gasteiger charge is -2.32. The predicted octanol–water partition coefficient (Wildman–Crippen LogP) is 5.05. The third kappa shape index (κ3) is 5.76. The highest BCUT2D eigenvalue weighted by molar-refractivity contribution is 5.76. The fourth-order valence-corrected chi connectivity index (χ4v) is 4.55. The van der Waals surface area contributed by atoms with Gasteiger partial charge in [0.25, 0.3) is 0 Å². The topological polar surface area (TPSA) is 38.8 Å². The molecule has 0 N–H and O–H groups in total. The van der Waals surface area contributed by atoms with Gasteiger partial charge < -0.3 is 14.4 Å². The van der Waals surface area contributed by atoms with E-state index in [2.05, 4.69) is 55.5 Å². The Balaban J connectivity index is 1.31. The van der Waals surface area contributed by atoms with Gasteiger partial charge in [0.1, 0.15) is 12.4 Å². The van der Waals surface area contributed by atoms with Crippen molar-refractivity contribution in [2.24, 2.45) is 17.8 Å². The van der Waals surface area contributed by atoms with Crippen LogP contribution >= 0.6 is 0 Å². The van der Waals surface area contributed by atoms with Crippen LogP contribution in [0, 0.1) is 17.8 Å². The normalized spacial score (nSPS) is 25.2. The Bertz CT molecular complexity index is 868. The molecule has 1 heterocycles. The molecule has 2 aliphatic carbocycles. The van der Waals surface area contributed by atoms with Crippen molar-refractivity contribution in [2.75, 3.05) is 26.3 Å². The van der Waals surface area contributed by atoms with Gasteiger partial charge in [-0.3, -0.25) is 4.79 Å². The van der Waals surface area contributed by atoms with E-state index in [0.29, 0.717) is 38.7 Å². The molecule has 1 aromatic rings. The molecule has 1 aromatic carbocycles. The summed E-state index contributed by atoms with van der Waals surface area (Å²) in [7, 11) is 0. The molecule has 4 rings (SSSR count). The fraction of sp³-hybridized carbons (Fsp3) is 0.444. The number of hydrogen-bond donors (Lipinski definition) is 0. The first-order valence-electron chi connectivity index (χ1n) is 11.5. The zero-order chi connectivity index (χ0) is 21.5. The fourth-order valence-electron chi connectivity index (χ4n) is 4.55. The van der Waals surface area contributed by atoms with Crippen LogP contribution in [0.5, 0.6) is 0 Å². The monoisotopic (exact) mass is 419 g/mol. The lowest BCUT2D eigenvalue weighted by molar-refractivity contribution is -0.132. The van der Waals surface area contributed by atoms with Crippen molar-refractivity contribution in [1.82, 2.24) is 4.90 Å². The zero-order valence-corrected chi connectivity index (χ0v) is 18.4. The summed E-state index contributed by atoms with van der Waals surface area (Å²) in [5, 5.41) is 0. The van der Waals surface area contributed by atoms with Crippen LogP contribution < -0.4 is 0 Å². The maximum Gasteiger partial charge on any atom is 0.222 e. The molecule has 1 fully saturated rings. The van der Waals surface area contributed by atoms with E-state index >= 15 is 0 Å². The van der Waals surface area contributed by atoms with E-state index in [1.807, 2.05) is 23.1 Å². The van der Waals surface area contributed by atoms with E-state index in [-0.39, 0.29) is 17.7 Å². The van der Waals surface area contributed by atoms with Crippen molar-refractivity contribution >= 4 is 5.91 Å². The van der Waals surface area contributed by atoms with E-state index < -0.39 is 0 Å². The quantitative estimate of drug-likeness (QED) is 0.621. The van der Waals surface area contributed by atoms with E-state index in [4.69, 9.17) is 9.47 Å². The molecular weight excluding hydrogens is 386 g/mol. The van der Waals surface area contributed by atoms with Crippen LogP contribution in [-0.2, 0) is 20.9 Å². The molecule has 31 heavy (non-hydrogen) atoms. The van der Waals surface area contributed by atoms with Crippen LogP contribution in [0.4, 0.5) is 0 Å². The Kier molecular flexibility index (Phi) is 7.42. The Morgan fingerprint density at radius 1 is 1.16 bits per heavy atom. The lowest BCUT2D eigenvalue weighted by Crippen LogP contribution is -2.38. The molecule has 164 valence electrons. The summed E-state index contributed by atoms with van der Waals surface area (Å²) in [6.07, 6.45) is 15.4. The summed E-state index contributed by atoms with van der Waals surface area (Å²) in [6, 6.07) is 10.2. The highest BCUT2D eigenvalue weighted by atomic mass is 16.5. The summed E-state index contributed by atoms with van der Waals surface area (Å²) < 4.78 is 12.0. The molecule has 3 aliphatic rings. The Labute approximate surface area is 185 Å². The number of nitrogens with zero attached hydrogens (tertiary/aromatic N) is 1. The van der Waals surface area contributed by atoms with Crippen LogP contribution in [-0.4, -0.2) is 37.1 Å². The SMILES string of the molecule is CC1C(COCc2ccccc2)=CC=C2OCCN(C(=O)CCC3C=CC=CC3)CC21. The summed E-state index contributed by atoms with van der Waals surface area (Å²) in [6.45, 7) is 5.40. The van der Waals surface area contributed by atoms with Crippen LogP contribution in [0.1, 0.15) is 31.7 Å². The molecule has 3 unspecified atom stereocenters. The van der Waals surface area contributed by atoms with Gasteiger partial charge in [0, 0.05) is 18.9 Å². The van der Waals surface area contributed by atoms with Crippen molar-refractivity contribution in [3.05, 3.63) is 83.7 Å². The first-order valence-corrected chi connectivity index (χ1v) is 11.5. The number of ether oxygens (including phenoxy) is 2. The number of allylic oxidation sites excluding steroid dienone is 6. The number of fused-ring (bicyclic) bond motifs is 1. The van der Waals surface area contributed by atoms with Gasteiger partial charge in [-0.2, -0.15) is 0 Å². The highest BCUT2D eigenvalue weighted by Gasteiger charge is 2.33. The third-order valence-corrected chi connectivity index (χ3v) is 6.59. The maximum atomic E-state index is 13.0.